The van der Waals surface area contributed by atoms with Gasteiger partial charge in [0.1, 0.15) is 5.82 Å². The topological polar surface area (TPSA) is 77.0 Å². The summed E-state index contributed by atoms with van der Waals surface area (Å²) >= 11 is 0. The third-order valence-electron chi connectivity index (χ3n) is 6.58. The van der Waals surface area contributed by atoms with Crippen LogP contribution >= 0.6 is 0 Å². The number of carbonyl (C=O) groups excluding carboxylic acids is 1. The van der Waals surface area contributed by atoms with Crippen LogP contribution in [-0.2, 0) is 16.8 Å². The second kappa shape index (κ2) is 8.24. The third kappa shape index (κ3) is 4.38. The fraction of sp³-hybridized carbons (Fsp3) is 0.478. The molecule has 2 aliphatic rings. The summed E-state index contributed by atoms with van der Waals surface area (Å²) in [6.07, 6.45) is 11.0. The number of benzene rings is 1. The summed E-state index contributed by atoms with van der Waals surface area (Å²) in [5.74, 6) is 1.73. The summed E-state index contributed by atoms with van der Waals surface area (Å²) in [7, 11) is 0. The molecule has 31 heavy (non-hydrogen) atoms. The fourth-order valence-electron chi connectivity index (χ4n) is 4.53. The number of aromatic nitrogens is 4. The fourth-order valence-corrected chi connectivity index (χ4v) is 4.53. The maximum absolute atomic E-state index is 13.2. The summed E-state index contributed by atoms with van der Waals surface area (Å²) in [5.41, 5.74) is 0.554. The van der Waals surface area contributed by atoms with E-state index in [2.05, 4.69) is 10.1 Å². The molecule has 162 valence electrons. The maximum Gasteiger partial charge on any atom is 0.257 e. The molecule has 0 bridgehead atoms. The zero-order valence-electron chi connectivity index (χ0n) is 17.4. The normalized spacial score (nSPS) is 18.3. The molecule has 8 heteroatoms. The third-order valence-corrected chi connectivity index (χ3v) is 6.58. The van der Waals surface area contributed by atoms with Crippen LogP contribution in [0.3, 0.4) is 0 Å². The number of likely N-dealkylation sites (tertiary alicyclic amines) is 1. The number of halogens is 1. The van der Waals surface area contributed by atoms with E-state index in [0.29, 0.717) is 43.4 Å². The van der Waals surface area contributed by atoms with Crippen molar-refractivity contribution in [1.82, 2.24) is 24.6 Å². The van der Waals surface area contributed by atoms with E-state index in [1.807, 2.05) is 15.7 Å². The molecule has 5 rings (SSSR count). The number of piperidine rings is 1. The van der Waals surface area contributed by atoms with Gasteiger partial charge in [0.2, 0.25) is 5.91 Å². The number of rotatable bonds is 7. The lowest BCUT2D eigenvalue weighted by molar-refractivity contribution is -0.133. The summed E-state index contributed by atoms with van der Waals surface area (Å²) in [4.78, 5) is 23.4. The van der Waals surface area contributed by atoms with Crippen molar-refractivity contribution in [2.75, 3.05) is 13.1 Å². The van der Waals surface area contributed by atoms with Crippen molar-refractivity contribution in [2.24, 2.45) is 5.92 Å². The van der Waals surface area contributed by atoms with Gasteiger partial charge in [0.05, 0.1) is 6.33 Å². The molecular weight excluding hydrogens is 397 g/mol. The first-order valence-electron chi connectivity index (χ1n) is 10.9. The minimum absolute atomic E-state index is 0.163. The number of aryl methyl sites for hydroxylation is 1. The Morgan fingerprint density at radius 3 is 2.65 bits per heavy atom. The van der Waals surface area contributed by atoms with Crippen LogP contribution < -0.4 is 0 Å². The molecule has 0 radical (unpaired) electrons. The van der Waals surface area contributed by atoms with Crippen molar-refractivity contribution in [1.29, 1.82) is 0 Å². The van der Waals surface area contributed by atoms with Gasteiger partial charge in [0.15, 0.2) is 5.82 Å². The Bertz CT molecular complexity index is 1020. The van der Waals surface area contributed by atoms with E-state index in [1.165, 1.54) is 25.0 Å². The van der Waals surface area contributed by atoms with Crippen LogP contribution in [0.15, 0.2) is 47.5 Å². The highest BCUT2D eigenvalue weighted by Gasteiger charge is 2.44. The molecule has 1 aliphatic carbocycles. The molecule has 3 heterocycles. The van der Waals surface area contributed by atoms with Crippen LogP contribution in [0.5, 0.6) is 0 Å². The molecule has 1 aromatic carbocycles. The molecular formula is C23H26FN5O2. The monoisotopic (exact) mass is 423 g/mol. The molecule has 3 aromatic rings. The molecule has 0 spiro atoms. The number of hydrogen-bond acceptors (Lipinski definition) is 5. The smallest absolute Gasteiger partial charge is 0.257 e. The highest BCUT2D eigenvalue weighted by molar-refractivity contribution is 5.76. The lowest BCUT2D eigenvalue weighted by atomic mass is 9.73. The SMILES string of the molecule is O=C(CCn1ccnc1)N1CCC(CC2CC2)(c2noc(-c3ccc(F)cc3)n2)CC1. The van der Waals surface area contributed by atoms with Crippen LogP contribution in [-0.4, -0.2) is 43.6 Å². The average molecular weight is 423 g/mol. The first-order chi connectivity index (χ1) is 15.1. The van der Waals surface area contributed by atoms with E-state index < -0.39 is 0 Å². The van der Waals surface area contributed by atoms with Gasteiger partial charge in [-0.25, -0.2) is 9.37 Å². The zero-order valence-corrected chi connectivity index (χ0v) is 17.4. The molecule has 0 atom stereocenters. The van der Waals surface area contributed by atoms with Crippen LogP contribution in [0.4, 0.5) is 4.39 Å². The number of imidazole rings is 1. The Morgan fingerprint density at radius 1 is 1.19 bits per heavy atom. The lowest BCUT2D eigenvalue weighted by Crippen LogP contribution is -2.46. The predicted octanol–water partition coefficient (Wildman–Crippen LogP) is 3.82. The Balaban J connectivity index is 1.28. The van der Waals surface area contributed by atoms with Crippen LogP contribution in [0.2, 0.25) is 0 Å². The lowest BCUT2D eigenvalue weighted by Gasteiger charge is -2.40. The maximum atomic E-state index is 13.2. The Labute approximate surface area is 180 Å². The second-order valence-electron chi connectivity index (χ2n) is 8.79. The molecule has 0 unspecified atom stereocenters. The van der Waals surface area contributed by atoms with Gasteiger partial charge in [-0.05, 0) is 49.4 Å². The van der Waals surface area contributed by atoms with Crippen molar-refractivity contribution in [3.63, 3.8) is 0 Å². The molecule has 1 saturated carbocycles. The largest absolute Gasteiger partial charge is 0.343 e. The molecule has 1 amide bonds. The van der Waals surface area contributed by atoms with Gasteiger partial charge in [-0.2, -0.15) is 4.98 Å². The molecule has 2 aromatic heterocycles. The van der Waals surface area contributed by atoms with Gasteiger partial charge >= 0.3 is 0 Å². The molecule has 7 nitrogen and oxygen atoms in total. The van der Waals surface area contributed by atoms with Crippen LogP contribution in [0.25, 0.3) is 11.5 Å². The van der Waals surface area contributed by atoms with Gasteiger partial charge in [0.25, 0.3) is 5.89 Å². The highest BCUT2D eigenvalue weighted by atomic mass is 19.1. The summed E-state index contributed by atoms with van der Waals surface area (Å²) in [6.45, 7) is 2.06. The van der Waals surface area contributed by atoms with Crippen molar-refractivity contribution in [2.45, 2.75) is 50.5 Å². The van der Waals surface area contributed by atoms with E-state index in [9.17, 15) is 9.18 Å². The molecule has 0 N–H and O–H groups in total. The number of carbonyl (C=O) groups is 1. The van der Waals surface area contributed by atoms with Crippen molar-refractivity contribution in [3.8, 4) is 11.5 Å². The first-order valence-corrected chi connectivity index (χ1v) is 10.9. The van der Waals surface area contributed by atoms with Crippen molar-refractivity contribution < 1.29 is 13.7 Å². The standard InChI is InChI=1S/C23H26FN5O2/c24-19-5-3-18(4-6-19)21-26-22(27-31-21)23(15-17-1-2-17)8-12-29(13-9-23)20(30)7-11-28-14-10-25-16-28/h3-6,10,14,16-17H,1-2,7-9,11-13,15H2. The van der Waals surface area contributed by atoms with E-state index in [4.69, 9.17) is 9.51 Å². The van der Waals surface area contributed by atoms with Crippen LogP contribution in [0.1, 0.15) is 44.3 Å². The Morgan fingerprint density at radius 2 is 1.97 bits per heavy atom. The summed E-state index contributed by atoms with van der Waals surface area (Å²) in [6, 6.07) is 6.10. The Hall–Kier alpha value is -3.03. The van der Waals surface area contributed by atoms with Gasteiger partial charge in [0, 0.05) is 49.4 Å². The zero-order chi connectivity index (χ0) is 21.3. The van der Waals surface area contributed by atoms with Gasteiger partial charge in [-0.1, -0.05) is 18.0 Å². The number of hydrogen-bond donors (Lipinski definition) is 0. The number of nitrogens with zero attached hydrogens (tertiary/aromatic N) is 5. The van der Waals surface area contributed by atoms with Crippen molar-refractivity contribution >= 4 is 5.91 Å². The van der Waals surface area contributed by atoms with Gasteiger partial charge < -0.3 is 14.0 Å². The van der Waals surface area contributed by atoms with Gasteiger partial charge in [-0.15, -0.1) is 0 Å². The van der Waals surface area contributed by atoms with E-state index >= 15 is 0 Å². The van der Waals surface area contributed by atoms with E-state index in [-0.39, 0.29) is 17.1 Å². The quantitative estimate of drug-likeness (QED) is 0.577. The summed E-state index contributed by atoms with van der Waals surface area (Å²) < 4.78 is 20.7. The second-order valence-corrected chi connectivity index (χ2v) is 8.79. The first kappa shape index (κ1) is 19.9. The van der Waals surface area contributed by atoms with E-state index in [0.717, 1.165) is 25.1 Å². The highest BCUT2D eigenvalue weighted by Crippen LogP contribution is 2.46. The average Bonchev–Trinajstić information content (AvgIpc) is 3.24. The number of amides is 1. The molecule has 1 saturated heterocycles. The molecule has 1 aliphatic heterocycles. The minimum atomic E-state index is -0.293. The van der Waals surface area contributed by atoms with Crippen molar-refractivity contribution in [3.05, 3.63) is 54.6 Å². The minimum Gasteiger partial charge on any atom is -0.343 e. The Kier molecular flexibility index (Phi) is 5.29. The predicted molar refractivity (Wildman–Crippen MR) is 111 cm³/mol. The summed E-state index contributed by atoms with van der Waals surface area (Å²) in [5, 5.41) is 4.34. The van der Waals surface area contributed by atoms with Crippen LogP contribution in [0, 0.1) is 11.7 Å². The molecule has 2 fully saturated rings. The van der Waals surface area contributed by atoms with E-state index in [1.54, 1.807) is 24.7 Å². The van der Waals surface area contributed by atoms with Gasteiger partial charge in [-0.3, -0.25) is 4.79 Å².